The molecule has 1 saturated heterocycles. The van der Waals surface area contributed by atoms with Crippen LogP contribution < -0.4 is 16.4 Å². The zero-order valence-corrected chi connectivity index (χ0v) is 21.6. The number of hydrogen-bond donors (Lipinski definition) is 3. The Morgan fingerprint density at radius 1 is 1.05 bits per heavy atom. The molecule has 1 aromatic carbocycles. The Morgan fingerprint density at radius 3 is 2.67 bits per heavy atom. The molecule has 1 unspecified atom stereocenters. The molecule has 10 nitrogen and oxygen atoms in total. The van der Waals surface area contributed by atoms with E-state index >= 15 is 0 Å². The molecule has 3 aromatic rings. The molecule has 0 radical (unpaired) electrons. The number of carbonyl (C=O) groups is 3. The lowest BCUT2D eigenvalue weighted by Gasteiger charge is -2.35. The molecule has 4 heterocycles. The second-order valence-electron chi connectivity index (χ2n) is 11.3. The van der Waals surface area contributed by atoms with Crippen molar-refractivity contribution in [3.63, 3.8) is 0 Å². The van der Waals surface area contributed by atoms with Crippen molar-refractivity contribution in [3.05, 3.63) is 59.4 Å². The number of rotatable bonds is 7. The van der Waals surface area contributed by atoms with E-state index in [9.17, 15) is 14.4 Å². The van der Waals surface area contributed by atoms with Gasteiger partial charge in [0.05, 0.1) is 17.4 Å². The van der Waals surface area contributed by atoms with E-state index in [0.717, 1.165) is 47.6 Å². The molecule has 200 valence electrons. The first-order valence-electron chi connectivity index (χ1n) is 13.8. The number of nitrogens with two attached hydrogens (primary N) is 1. The number of anilines is 2. The van der Waals surface area contributed by atoms with E-state index in [1.54, 1.807) is 4.90 Å². The van der Waals surface area contributed by atoms with Gasteiger partial charge in [0.25, 0.3) is 5.91 Å². The average molecular weight is 526 g/mol. The zero-order chi connectivity index (χ0) is 26.7. The fourth-order valence-electron chi connectivity index (χ4n) is 6.08. The number of amides is 3. The first kappa shape index (κ1) is 23.9. The van der Waals surface area contributed by atoms with E-state index in [2.05, 4.69) is 26.5 Å². The van der Waals surface area contributed by atoms with Crippen LogP contribution in [0.4, 0.5) is 11.5 Å². The van der Waals surface area contributed by atoms with Crippen LogP contribution in [0.2, 0.25) is 0 Å². The van der Waals surface area contributed by atoms with Crippen LogP contribution in [0.15, 0.2) is 42.6 Å². The lowest BCUT2D eigenvalue weighted by Crippen LogP contribution is -2.52. The van der Waals surface area contributed by atoms with Crippen LogP contribution in [0.5, 0.6) is 0 Å². The predicted octanol–water partition coefficient (Wildman–Crippen LogP) is 3.23. The minimum absolute atomic E-state index is 0.148. The molecule has 4 N–H and O–H groups in total. The van der Waals surface area contributed by atoms with E-state index in [4.69, 9.17) is 10.8 Å². The molecular formula is C29H31N7O3. The molecule has 3 amide bonds. The molecule has 2 saturated carbocycles. The summed E-state index contributed by atoms with van der Waals surface area (Å²) in [4.78, 5) is 42.8. The lowest BCUT2D eigenvalue weighted by atomic mass is 9.80. The number of imide groups is 1. The number of pyridine rings is 1. The van der Waals surface area contributed by atoms with E-state index in [0.29, 0.717) is 42.2 Å². The third-order valence-electron chi connectivity index (χ3n) is 8.47. The van der Waals surface area contributed by atoms with Crippen molar-refractivity contribution in [2.45, 2.75) is 63.1 Å². The average Bonchev–Trinajstić information content (AvgIpc) is 3.57. The van der Waals surface area contributed by atoms with Gasteiger partial charge in [-0.3, -0.25) is 24.4 Å². The van der Waals surface area contributed by atoms with E-state index in [1.807, 2.05) is 36.4 Å². The van der Waals surface area contributed by atoms with Crippen molar-refractivity contribution in [2.24, 2.45) is 5.92 Å². The van der Waals surface area contributed by atoms with Gasteiger partial charge in [-0.2, -0.15) is 5.10 Å². The van der Waals surface area contributed by atoms with Gasteiger partial charge in [-0.25, -0.2) is 4.98 Å². The van der Waals surface area contributed by atoms with E-state index in [-0.39, 0.29) is 24.1 Å². The summed E-state index contributed by atoms with van der Waals surface area (Å²) in [6.45, 7) is 1.23. The number of nitrogens with one attached hydrogen (secondary N) is 2. The highest BCUT2D eigenvalue weighted by Crippen LogP contribution is 2.45. The van der Waals surface area contributed by atoms with Gasteiger partial charge in [-0.15, -0.1) is 0 Å². The SMILES string of the molecule is Nc1cccc(-c2cn([C@H]3C[C@H](CNc4ccc5c(c4)CN(C4CCC(=O)NC4=O)C5=O)C3)nc2C2CC2)n1. The number of hydrogen-bond acceptors (Lipinski definition) is 7. The van der Waals surface area contributed by atoms with Gasteiger partial charge in [-0.05, 0) is 73.9 Å². The van der Waals surface area contributed by atoms with Crippen molar-refractivity contribution in [1.29, 1.82) is 0 Å². The summed E-state index contributed by atoms with van der Waals surface area (Å²) in [6.07, 6.45) is 7.24. The van der Waals surface area contributed by atoms with Gasteiger partial charge in [0.15, 0.2) is 0 Å². The van der Waals surface area contributed by atoms with Crippen LogP contribution in [0.1, 0.15) is 72.1 Å². The highest BCUT2D eigenvalue weighted by atomic mass is 16.2. The Balaban J connectivity index is 0.969. The molecule has 2 aliphatic heterocycles. The molecule has 1 atom stereocenters. The molecule has 0 bridgehead atoms. The van der Waals surface area contributed by atoms with Crippen LogP contribution in [0.3, 0.4) is 0 Å². The van der Waals surface area contributed by atoms with Crippen LogP contribution in [0.25, 0.3) is 11.3 Å². The highest BCUT2D eigenvalue weighted by molar-refractivity contribution is 6.05. The summed E-state index contributed by atoms with van der Waals surface area (Å²) in [5.74, 6) is 0.775. The third kappa shape index (κ3) is 4.43. The molecular weight excluding hydrogens is 494 g/mol. The van der Waals surface area contributed by atoms with Crippen LogP contribution >= 0.6 is 0 Å². The molecule has 0 spiro atoms. The van der Waals surface area contributed by atoms with Gasteiger partial charge in [0, 0.05) is 48.4 Å². The van der Waals surface area contributed by atoms with Crippen molar-refractivity contribution in [3.8, 4) is 11.3 Å². The largest absolute Gasteiger partial charge is 0.385 e. The minimum atomic E-state index is -0.593. The van der Waals surface area contributed by atoms with Gasteiger partial charge in [0.2, 0.25) is 11.8 Å². The number of nitrogens with zero attached hydrogens (tertiary/aromatic N) is 4. The molecule has 7 rings (SSSR count). The van der Waals surface area contributed by atoms with Crippen molar-refractivity contribution >= 4 is 29.2 Å². The second-order valence-corrected chi connectivity index (χ2v) is 11.3. The molecule has 39 heavy (non-hydrogen) atoms. The second kappa shape index (κ2) is 9.21. The van der Waals surface area contributed by atoms with Gasteiger partial charge in [-0.1, -0.05) is 6.07 Å². The Labute approximate surface area is 226 Å². The Bertz CT molecular complexity index is 1490. The van der Waals surface area contributed by atoms with E-state index < -0.39 is 6.04 Å². The maximum absolute atomic E-state index is 12.9. The van der Waals surface area contributed by atoms with Crippen LogP contribution in [-0.2, 0) is 16.1 Å². The summed E-state index contributed by atoms with van der Waals surface area (Å²) >= 11 is 0. The summed E-state index contributed by atoms with van der Waals surface area (Å²) in [7, 11) is 0. The van der Waals surface area contributed by atoms with Crippen LogP contribution in [0, 0.1) is 5.92 Å². The molecule has 10 heteroatoms. The molecule has 2 aliphatic carbocycles. The quantitative estimate of drug-likeness (QED) is 0.403. The Kier molecular flexibility index (Phi) is 5.64. The van der Waals surface area contributed by atoms with Gasteiger partial charge >= 0.3 is 0 Å². The van der Waals surface area contributed by atoms with Crippen molar-refractivity contribution in [2.75, 3.05) is 17.6 Å². The smallest absolute Gasteiger partial charge is 0.255 e. The Hall–Kier alpha value is -4.21. The number of nitrogen functional groups attached to an aromatic ring is 1. The summed E-state index contributed by atoms with van der Waals surface area (Å²) in [6, 6.07) is 11.3. The monoisotopic (exact) mass is 525 g/mol. The van der Waals surface area contributed by atoms with Crippen LogP contribution in [-0.4, -0.2) is 50.0 Å². The first-order chi connectivity index (χ1) is 18.9. The predicted molar refractivity (Wildman–Crippen MR) is 145 cm³/mol. The fourth-order valence-corrected chi connectivity index (χ4v) is 6.08. The number of fused-ring (bicyclic) bond motifs is 1. The number of benzene rings is 1. The summed E-state index contributed by atoms with van der Waals surface area (Å²) in [5.41, 5.74) is 11.6. The molecule has 4 aliphatic rings. The van der Waals surface area contributed by atoms with Crippen molar-refractivity contribution in [1.82, 2.24) is 25.0 Å². The fraction of sp³-hybridized carbons (Fsp3) is 0.414. The molecule has 2 aromatic heterocycles. The summed E-state index contributed by atoms with van der Waals surface area (Å²) in [5, 5.41) is 10.9. The van der Waals surface area contributed by atoms with Gasteiger partial charge < -0.3 is 16.0 Å². The first-order valence-corrected chi connectivity index (χ1v) is 13.8. The van der Waals surface area contributed by atoms with E-state index in [1.165, 1.54) is 12.8 Å². The maximum atomic E-state index is 12.9. The topological polar surface area (TPSA) is 135 Å². The zero-order valence-electron chi connectivity index (χ0n) is 21.6. The maximum Gasteiger partial charge on any atom is 0.255 e. The third-order valence-corrected chi connectivity index (χ3v) is 8.47. The normalized spacial score (nSPS) is 24.4. The number of carbonyl (C=O) groups excluding carboxylic acids is 3. The Morgan fingerprint density at radius 2 is 1.90 bits per heavy atom. The standard InChI is InChI=1S/C29H31N7O3/c30-25-3-1-2-23(32-25)22-15-36(34-27(22)17-4-5-17)20-10-16(11-20)13-31-19-6-7-21-18(12-19)14-35(29(21)39)24-8-9-26(37)33-28(24)38/h1-3,6-7,12,15-17,20,24,31H,4-5,8-11,13-14H2,(H2,30,32)(H,33,37,38)/t16-,20-,24?. The minimum Gasteiger partial charge on any atom is -0.385 e. The highest BCUT2D eigenvalue weighted by Gasteiger charge is 2.39. The number of piperidine rings is 1. The summed E-state index contributed by atoms with van der Waals surface area (Å²) < 4.78 is 2.13. The van der Waals surface area contributed by atoms with Crippen molar-refractivity contribution < 1.29 is 14.4 Å². The number of aromatic nitrogens is 3. The molecule has 3 fully saturated rings. The lowest BCUT2D eigenvalue weighted by molar-refractivity contribution is -0.136. The van der Waals surface area contributed by atoms with Gasteiger partial charge in [0.1, 0.15) is 11.9 Å².